The summed E-state index contributed by atoms with van der Waals surface area (Å²) in [6.07, 6.45) is 11.2. The molecule has 0 bridgehead atoms. The van der Waals surface area contributed by atoms with E-state index < -0.39 is 0 Å². The molecule has 0 saturated heterocycles. The molecule has 0 aliphatic rings. The molecule has 3 rings (SSSR count). The van der Waals surface area contributed by atoms with Gasteiger partial charge in [-0.1, -0.05) is 42.5 Å². The van der Waals surface area contributed by atoms with Crippen molar-refractivity contribution in [3.05, 3.63) is 78.4 Å². The summed E-state index contributed by atoms with van der Waals surface area (Å²) in [6, 6.07) is 14.0. The average Bonchev–Trinajstić information content (AvgIpc) is 2.55. The Kier molecular flexibility index (Phi) is 3.60. The number of aromatic nitrogens is 3. The maximum atomic E-state index is 4.36. The summed E-state index contributed by atoms with van der Waals surface area (Å²) < 4.78 is 0. The quantitative estimate of drug-likeness (QED) is 0.719. The minimum atomic E-state index is 0.690. The molecule has 3 heteroatoms. The molecular formula is C17H13N3. The van der Waals surface area contributed by atoms with Crippen molar-refractivity contribution in [2.75, 3.05) is 0 Å². The van der Waals surface area contributed by atoms with E-state index in [4.69, 9.17) is 0 Å². The van der Waals surface area contributed by atoms with Crippen LogP contribution in [-0.4, -0.2) is 15.0 Å². The first-order valence-electron chi connectivity index (χ1n) is 6.37. The highest BCUT2D eigenvalue weighted by Crippen LogP contribution is 2.13. The Hall–Kier alpha value is -2.81. The Balaban J connectivity index is 1.79. The van der Waals surface area contributed by atoms with Gasteiger partial charge < -0.3 is 0 Å². The molecule has 0 unspecified atom stereocenters. The van der Waals surface area contributed by atoms with Crippen molar-refractivity contribution >= 4 is 12.2 Å². The largest absolute Gasteiger partial charge is 0.264 e. The van der Waals surface area contributed by atoms with E-state index >= 15 is 0 Å². The lowest BCUT2D eigenvalue weighted by Gasteiger charge is -1.99. The van der Waals surface area contributed by atoms with Crippen LogP contribution < -0.4 is 0 Å². The highest BCUT2D eigenvalue weighted by molar-refractivity contribution is 5.69. The third-order valence-electron chi connectivity index (χ3n) is 2.86. The fourth-order valence-corrected chi connectivity index (χ4v) is 1.82. The number of hydrogen-bond donors (Lipinski definition) is 0. The smallest absolute Gasteiger partial charge is 0.160 e. The van der Waals surface area contributed by atoms with Crippen LogP contribution in [0.3, 0.4) is 0 Å². The van der Waals surface area contributed by atoms with Gasteiger partial charge in [-0.25, -0.2) is 9.97 Å². The normalized spacial score (nSPS) is 10.8. The molecule has 0 aliphatic heterocycles. The Morgan fingerprint density at radius 1 is 0.700 bits per heavy atom. The first-order valence-corrected chi connectivity index (χ1v) is 6.37. The summed E-state index contributed by atoms with van der Waals surface area (Å²) >= 11 is 0. The Morgan fingerprint density at radius 3 is 2.15 bits per heavy atom. The van der Waals surface area contributed by atoms with E-state index in [1.807, 2.05) is 54.9 Å². The Labute approximate surface area is 117 Å². The van der Waals surface area contributed by atoms with E-state index in [0.717, 1.165) is 16.7 Å². The highest BCUT2D eigenvalue weighted by atomic mass is 14.9. The molecule has 1 aromatic carbocycles. The second kappa shape index (κ2) is 5.89. The SMILES string of the molecule is C(=C\c1cnc(-c2cccnc2)nc1)/c1ccccc1. The van der Waals surface area contributed by atoms with E-state index in [1.54, 1.807) is 12.4 Å². The lowest BCUT2D eigenvalue weighted by molar-refractivity contribution is 1.16. The zero-order chi connectivity index (χ0) is 13.6. The summed E-state index contributed by atoms with van der Waals surface area (Å²) in [7, 11) is 0. The lowest BCUT2D eigenvalue weighted by atomic mass is 10.2. The summed E-state index contributed by atoms with van der Waals surface area (Å²) in [4.78, 5) is 12.8. The lowest BCUT2D eigenvalue weighted by Crippen LogP contribution is -1.89. The van der Waals surface area contributed by atoms with Crippen molar-refractivity contribution < 1.29 is 0 Å². The molecule has 0 atom stereocenters. The molecule has 20 heavy (non-hydrogen) atoms. The first kappa shape index (κ1) is 12.2. The monoisotopic (exact) mass is 259 g/mol. The summed E-state index contributed by atoms with van der Waals surface area (Å²) in [5.41, 5.74) is 3.05. The van der Waals surface area contributed by atoms with Crippen LogP contribution in [-0.2, 0) is 0 Å². The van der Waals surface area contributed by atoms with Gasteiger partial charge in [0, 0.05) is 35.9 Å². The van der Waals surface area contributed by atoms with E-state index in [2.05, 4.69) is 27.1 Å². The minimum absolute atomic E-state index is 0.690. The van der Waals surface area contributed by atoms with Crippen LogP contribution in [0.25, 0.3) is 23.5 Å². The molecule has 3 aromatic rings. The van der Waals surface area contributed by atoms with Gasteiger partial charge >= 0.3 is 0 Å². The zero-order valence-corrected chi connectivity index (χ0v) is 10.8. The second-order valence-corrected chi connectivity index (χ2v) is 4.33. The summed E-state index contributed by atoms with van der Waals surface area (Å²) in [5.74, 6) is 0.690. The molecule has 0 spiro atoms. The van der Waals surface area contributed by atoms with E-state index in [9.17, 15) is 0 Å². The Bertz CT molecular complexity index is 689. The van der Waals surface area contributed by atoms with Gasteiger partial charge in [-0.15, -0.1) is 0 Å². The number of rotatable bonds is 3. The van der Waals surface area contributed by atoms with E-state index in [1.165, 1.54) is 0 Å². The molecule has 96 valence electrons. The molecule has 0 radical (unpaired) electrons. The third-order valence-corrected chi connectivity index (χ3v) is 2.86. The van der Waals surface area contributed by atoms with Crippen molar-refractivity contribution in [2.45, 2.75) is 0 Å². The van der Waals surface area contributed by atoms with Gasteiger partial charge in [0.1, 0.15) is 0 Å². The van der Waals surface area contributed by atoms with Crippen LogP contribution in [0.2, 0.25) is 0 Å². The van der Waals surface area contributed by atoms with Crippen LogP contribution >= 0.6 is 0 Å². The van der Waals surface area contributed by atoms with Gasteiger partial charge in [-0.2, -0.15) is 0 Å². The summed E-state index contributed by atoms with van der Waals surface area (Å²) in [6.45, 7) is 0. The van der Waals surface area contributed by atoms with Gasteiger partial charge in [0.25, 0.3) is 0 Å². The number of hydrogen-bond acceptors (Lipinski definition) is 3. The van der Waals surface area contributed by atoms with Crippen molar-refractivity contribution in [2.24, 2.45) is 0 Å². The molecule has 3 nitrogen and oxygen atoms in total. The van der Waals surface area contributed by atoms with Crippen molar-refractivity contribution in [1.82, 2.24) is 15.0 Å². The molecule has 0 aliphatic carbocycles. The fourth-order valence-electron chi connectivity index (χ4n) is 1.82. The van der Waals surface area contributed by atoms with Gasteiger partial charge in [-0.3, -0.25) is 4.98 Å². The zero-order valence-electron chi connectivity index (χ0n) is 10.8. The predicted molar refractivity (Wildman–Crippen MR) is 80.6 cm³/mol. The second-order valence-electron chi connectivity index (χ2n) is 4.33. The van der Waals surface area contributed by atoms with Crippen LogP contribution in [0, 0.1) is 0 Å². The minimum Gasteiger partial charge on any atom is -0.264 e. The number of pyridine rings is 1. The predicted octanol–water partition coefficient (Wildman–Crippen LogP) is 3.71. The third kappa shape index (κ3) is 2.95. The van der Waals surface area contributed by atoms with Crippen molar-refractivity contribution in [3.8, 4) is 11.4 Å². The van der Waals surface area contributed by atoms with Gasteiger partial charge in [0.2, 0.25) is 0 Å². The highest BCUT2D eigenvalue weighted by Gasteiger charge is 1.99. The van der Waals surface area contributed by atoms with Crippen LogP contribution in [0.1, 0.15) is 11.1 Å². The Morgan fingerprint density at radius 2 is 1.45 bits per heavy atom. The molecule has 2 aromatic heterocycles. The van der Waals surface area contributed by atoms with Crippen molar-refractivity contribution in [3.63, 3.8) is 0 Å². The molecule has 0 saturated carbocycles. The molecular weight excluding hydrogens is 246 g/mol. The fraction of sp³-hybridized carbons (Fsp3) is 0. The number of benzene rings is 1. The average molecular weight is 259 g/mol. The van der Waals surface area contributed by atoms with Crippen LogP contribution in [0.4, 0.5) is 0 Å². The van der Waals surface area contributed by atoms with Gasteiger partial charge in [0.15, 0.2) is 5.82 Å². The van der Waals surface area contributed by atoms with E-state index in [-0.39, 0.29) is 0 Å². The first-order chi connectivity index (χ1) is 9.92. The van der Waals surface area contributed by atoms with Gasteiger partial charge in [-0.05, 0) is 17.7 Å². The van der Waals surface area contributed by atoms with Crippen LogP contribution in [0.15, 0.2) is 67.3 Å². The molecule has 0 amide bonds. The molecule has 0 fully saturated rings. The maximum Gasteiger partial charge on any atom is 0.160 e. The standard InChI is InChI=1S/C17H13N3/c1-2-5-14(6-3-1)8-9-15-11-19-17(20-12-15)16-7-4-10-18-13-16/h1-13H/b9-8+. The topological polar surface area (TPSA) is 38.7 Å². The number of nitrogens with zero attached hydrogens (tertiary/aromatic N) is 3. The van der Waals surface area contributed by atoms with E-state index in [0.29, 0.717) is 5.82 Å². The summed E-state index contributed by atoms with van der Waals surface area (Å²) in [5, 5.41) is 0. The molecule has 2 heterocycles. The molecule has 0 N–H and O–H groups in total. The van der Waals surface area contributed by atoms with Crippen LogP contribution in [0.5, 0.6) is 0 Å². The van der Waals surface area contributed by atoms with Crippen molar-refractivity contribution in [1.29, 1.82) is 0 Å². The van der Waals surface area contributed by atoms with Gasteiger partial charge in [0.05, 0.1) is 0 Å². The maximum absolute atomic E-state index is 4.36.